The van der Waals surface area contributed by atoms with Gasteiger partial charge in [-0.2, -0.15) is 18.2 Å². The topological polar surface area (TPSA) is 76.7 Å². The van der Waals surface area contributed by atoms with Crippen LogP contribution < -0.4 is 11.1 Å². The van der Waals surface area contributed by atoms with Crippen molar-refractivity contribution in [2.75, 3.05) is 11.1 Å². The summed E-state index contributed by atoms with van der Waals surface area (Å²) in [5.74, 6) is -0.389. The predicted molar refractivity (Wildman–Crippen MR) is 60.9 cm³/mol. The molecule has 0 amide bonds. The first-order chi connectivity index (χ1) is 8.45. The molecule has 0 aromatic carbocycles. The average Bonchev–Trinajstić information content (AvgIpc) is 2.77. The molecule has 0 atom stereocenters. The van der Waals surface area contributed by atoms with E-state index in [4.69, 9.17) is 5.73 Å². The van der Waals surface area contributed by atoms with Crippen molar-refractivity contribution >= 4 is 23.1 Å². The lowest BCUT2D eigenvalue weighted by Gasteiger charge is -2.09. The second kappa shape index (κ2) is 4.77. The van der Waals surface area contributed by atoms with Gasteiger partial charge in [-0.3, -0.25) is 4.98 Å². The Kier molecular flexibility index (Phi) is 3.32. The lowest BCUT2D eigenvalue weighted by Crippen LogP contribution is -2.12. The van der Waals surface area contributed by atoms with E-state index in [1.807, 2.05) is 0 Å². The largest absolute Gasteiger partial charge is 0.433 e. The van der Waals surface area contributed by atoms with Crippen LogP contribution >= 0.6 is 11.3 Å². The fraction of sp³-hybridized carbons (Fsp3) is 0.222. The maximum absolute atomic E-state index is 12.5. The molecule has 0 fully saturated rings. The van der Waals surface area contributed by atoms with Gasteiger partial charge in [-0.1, -0.05) is 0 Å². The molecule has 2 aromatic heterocycles. The van der Waals surface area contributed by atoms with Crippen LogP contribution in [0.3, 0.4) is 0 Å². The summed E-state index contributed by atoms with van der Waals surface area (Å²) in [5, 5.41) is 2.74. The van der Waals surface area contributed by atoms with Crippen molar-refractivity contribution in [2.45, 2.75) is 12.7 Å². The first-order valence-corrected chi connectivity index (χ1v) is 5.66. The van der Waals surface area contributed by atoms with E-state index < -0.39 is 17.8 Å². The standard InChI is InChI=1S/C9H8F3N5S/c10-9(11,12)6-1-7(17-8(13)16-6)15-3-5-2-14-4-18-5/h1-2,4H,3H2,(H3,13,15,16,17). The fourth-order valence-electron chi connectivity index (χ4n) is 1.21. The summed E-state index contributed by atoms with van der Waals surface area (Å²) < 4.78 is 37.4. The molecule has 0 unspecified atom stereocenters. The number of nitrogens with zero attached hydrogens (tertiary/aromatic N) is 3. The van der Waals surface area contributed by atoms with Gasteiger partial charge in [0.25, 0.3) is 0 Å². The van der Waals surface area contributed by atoms with Gasteiger partial charge in [0, 0.05) is 17.1 Å². The minimum atomic E-state index is -4.54. The molecule has 96 valence electrons. The van der Waals surface area contributed by atoms with Crippen LogP contribution in [0.15, 0.2) is 17.8 Å². The summed E-state index contributed by atoms with van der Waals surface area (Å²) in [6, 6.07) is 0.817. The molecule has 0 aliphatic heterocycles. The number of halogens is 3. The molecule has 3 N–H and O–H groups in total. The van der Waals surface area contributed by atoms with E-state index in [1.54, 1.807) is 11.7 Å². The highest BCUT2D eigenvalue weighted by atomic mass is 32.1. The zero-order chi connectivity index (χ0) is 13.2. The SMILES string of the molecule is Nc1nc(NCc2cncs2)cc(C(F)(F)F)n1. The molecule has 2 rings (SSSR count). The van der Waals surface area contributed by atoms with Crippen molar-refractivity contribution in [1.29, 1.82) is 0 Å². The zero-order valence-electron chi connectivity index (χ0n) is 8.90. The lowest BCUT2D eigenvalue weighted by molar-refractivity contribution is -0.141. The number of nitrogens with two attached hydrogens (primary N) is 1. The summed E-state index contributed by atoms with van der Waals surface area (Å²) in [5.41, 5.74) is 5.80. The normalized spacial score (nSPS) is 11.5. The van der Waals surface area contributed by atoms with Crippen LogP contribution in [0.4, 0.5) is 24.9 Å². The van der Waals surface area contributed by atoms with Crippen molar-refractivity contribution in [3.05, 3.63) is 28.3 Å². The smallest absolute Gasteiger partial charge is 0.368 e. The summed E-state index contributed by atoms with van der Waals surface area (Å²) in [6.07, 6.45) is -2.93. The van der Waals surface area contributed by atoms with E-state index in [0.29, 0.717) is 6.54 Å². The van der Waals surface area contributed by atoms with Gasteiger partial charge >= 0.3 is 6.18 Å². The Morgan fingerprint density at radius 3 is 2.72 bits per heavy atom. The van der Waals surface area contributed by atoms with Crippen LogP contribution in [0.1, 0.15) is 10.6 Å². The van der Waals surface area contributed by atoms with Gasteiger partial charge in [-0.05, 0) is 0 Å². The Labute approximate surface area is 104 Å². The number of nitrogen functional groups attached to an aromatic ring is 1. The summed E-state index contributed by atoms with van der Waals surface area (Å²) in [6.45, 7) is 0.332. The Hall–Kier alpha value is -1.90. The van der Waals surface area contributed by atoms with E-state index in [0.717, 1.165) is 10.9 Å². The molecule has 2 heterocycles. The van der Waals surface area contributed by atoms with Crippen LogP contribution in [-0.2, 0) is 12.7 Å². The molecular formula is C9H8F3N5S. The zero-order valence-corrected chi connectivity index (χ0v) is 9.72. The number of aromatic nitrogens is 3. The van der Waals surface area contributed by atoms with Gasteiger partial charge in [-0.15, -0.1) is 11.3 Å². The molecule has 0 radical (unpaired) electrons. The fourth-order valence-corrected chi connectivity index (χ4v) is 1.74. The van der Waals surface area contributed by atoms with E-state index in [1.165, 1.54) is 11.3 Å². The number of alkyl halides is 3. The average molecular weight is 275 g/mol. The molecule has 9 heteroatoms. The Morgan fingerprint density at radius 2 is 2.11 bits per heavy atom. The van der Waals surface area contributed by atoms with Crippen LogP contribution in [0, 0.1) is 0 Å². The molecule has 18 heavy (non-hydrogen) atoms. The molecule has 0 aliphatic carbocycles. The van der Waals surface area contributed by atoms with E-state index in [9.17, 15) is 13.2 Å². The number of anilines is 2. The van der Waals surface area contributed by atoms with Gasteiger partial charge in [0.2, 0.25) is 5.95 Å². The molecule has 0 bridgehead atoms. The molecule has 0 saturated carbocycles. The van der Waals surface area contributed by atoms with Crippen molar-refractivity contribution in [3.63, 3.8) is 0 Å². The van der Waals surface area contributed by atoms with Crippen LogP contribution in [0.5, 0.6) is 0 Å². The number of thiazole rings is 1. The first-order valence-electron chi connectivity index (χ1n) is 4.78. The Morgan fingerprint density at radius 1 is 1.33 bits per heavy atom. The maximum atomic E-state index is 12.5. The second-order valence-corrected chi connectivity index (χ2v) is 4.29. The van der Waals surface area contributed by atoms with Crippen LogP contribution in [0.25, 0.3) is 0 Å². The third-order valence-corrected chi connectivity index (χ3v) is 2.74. The minimum Gasteiger partial charge on any atom is -0.368 e. The highest BCUT2D eigenvalue weighted by Gasteiger charge is 2.33. The Bertz CT molecular complexity index is 525. The summed E-state index contributed by atoms with van der Waals surface area (Å²) in [4.78, 5) is 11.6. The van der Waals surface area contributed by atoms with E-state index in [2.05, 4.69) is 20.3 Å². The first kappa shape index (κ1) is 12.6. The number of nitrogens with one attached hydrogen (secondary N) is 1. The van der Waals surface area contributed by atoms with Gasteiger partial charge < -0.3 is 11.1 Å². The number of hydrogen-bond donors (Lipinski definition) is 2. The summed E-state index contributed by atoms with van der Waals surface area (Å²) in [7, 11) is 0. The lowest BCUT2D eigenvalue weighted by atomic mass is 10.3. The molecule has 5 nitrogen and oxygen atoms in total. The molecule has 0 aliphatic rings. The van der Waals surface area contributed by atoms with Crippen molar-refractivity contribution in [1.82, 2.24) is 15.0 Å². The highest BCUT2D eigenvalue weighted by molar-refractivity contribution is 7.09. The third-order valence-electron chi connectivity index (χ3n) is 1.96. The quantitative estimate of drug-likeness (QED) is 0.897. The van der Waals surface area contributed by atoms with Crippen LogP contribution in [0.2, 0.25) is 0 Å². The minimum absolute atomic E-state index is 0.0308. The van der Waals surface area contributed by atoms with Crippen molar-refractivity contribution in [2.24, 2.45) is 0 Å². The number of rotatable bonds is 3. The third kappa shape index (κ3) is 3.06. The van der Waals surface area contributed by atoms with E-state index >= 15 is 0 Å². The maximum Gasteiger partial charge on any atom is 0.433 e. The Balaban J connectivity index is 2.15. The second-order valence-electron chi connectivity index (χ2n) is 3.32. The predicted octanol–water partition coefficient (Wildman–Crippen LogP) is 2.15. The molecule has 2 aromatic rings. The van der Waals surface area contributed by atoms with Crippen LogP contribution in [-0.4, -0.2) is 15.0 Å². The van der Waals surface area contributed by atoms with Gasteiger partial charge in [0.05, 0.1) is 12.1 Å². The van der Waals surface area contributed by atoms with E-state index in [-0.39, 0.29) is 5.82 Å². The molecule has 0 spiro atoms. The van der Waals surface area contributed by atoms with Gasteiger partial charge in [-0.25, -0.2) is 4.98 Å². The molecule has 0 saturated heterocycles. The van der Waals surface area contributed by atoms with Crippen molar-refractivity contribution in [3.8, 4) is 0 Å². The van der Waals surface area contributed by atoms with Crippen molar-refractivity contribution < 1.29 is 13.2 Å². The monoisotopic (exact) mass is 275 g/mol. The van der Waals surface area contributed by atoms with Gasteiger partial charge in [0.15, 0.2) is 5.69 Å². The molecular weight excluding hydrogens is 267 g/mol. The summed E-state index contributed by atoms with van der Waals surface area (Å²) >= 11 is 1.39. The highest BCUT2D eigenvalue weighted by Crippen LogP contribution is 2.29. The number of hydrogen-bond acceptors (Lipinski definition) is 6. The van der Waals surface area contributed by atoms with Gasteiger partial charge in [0.1, 0.15) is 5.82 Å².